The van der Waals surface area contributed by atoms with E-state index in [1.54, 1.807) is 0 Å². The molecule has 0 unspecified atom stereocenters. The molecule has 0 spiro atoms. The van der Waals surface area contributed by atoms with Crippen LogP contribution in [-0.2, 0) is 18.0 Å². The van der Waals surface area contributed by atoms with Gasteiger partial charge in [0.1, 0.15) is 0 Å². The Morgan fingerprint density at radius 3 is 2.69 bits per heavy atom. The molecule has 0 N–H and O–H groups in total. The van der Waals surface area contributed by atoms with E-state index in [1.165, 1.54) is 21.9 Å². The van der Waals surface area contributed by atoms with Crippen LogP contribution in [-0.4, -0.2) is 4.98 Å². The number of hydrogen-bond acceptors (Lipinski definition) is 2. The molecule has 0 bridgehead atoms. The number of fused-ring (bicyclic) bond motifs is 2. The minimum atomic E-state index is 0.750. The Labute approximate surface area is 76.2 Å². The lowest BCUT2D eigenvalue weighted by Gasteiger charge is -2.00. The number of aromatic nitrogens is 1. The molecule has 2 heterocycles. The molecule has 0 fully saturated rings. The number of rotatable bonds is 0. The van der Waals surface area contributed by atoms with E-state index in [1.807, 2.05) is 18.5 Å². The molecule has 3 rings (SSSR count). The predicted octanol–water partition coefficient (Wildman–Crippen LogP) is 2.26. The van der Waals surface area contributed by atoms with Crippen molar-refractivity contribution in [1.29, 1.82) is 0 Å². The van der Waals surface area contributed by atoms with Gasteiger partial charge in [0, 0.05) is 17.8 Å². The summed E-state index contributed by atoms with van der Waals surface area (Å²) < 4.78 is 5.37. The van der Waals surface area contributed by atoms with Gasteiger partial charge in [-0.25, -0.2) is 0 Å². The van der Waals surface area contributed by atoms with E-state index >= 15 is 0 Å². The monoisotopic (exact) mass is 171 g/mol. The lowest BCUT2D eigenvalue weighted by Crippen LogP contribution is -1.83. The van der Waals surface area contributed by atoms with Crippen LogP contribution in [0.1, 0.15) is 11.1 Å². The highest BCUT2D eigenvalue weighted by atomic mass is 16.5. The van der Waals surface area contributed by atoms with Crippen molar-refractivity contribution in [3.63, 3.8) is 0 Å². The molecule has 2 nitrogen and oxygen atoms in total. The maximum absolute atomic E-state index is 5.37. The first kappa shape index (κ1) is 7.04. The molecule has 0 saturated carbocycles. The topological polar surface area (TPSA) is 22.1 Å². The lowest BCUT2D eigenvalue weighted by molar-refractivity contribution is 0.134. The second-order valence-electron chi connectivity index (χ2n) is 3.34. The van der Waals surface area contributed by atoms with Gasteiger partial charge in [-0.15, -0.1) is 0 Å². The van der Waals surface area contributed by atoms with Crippen molar-refractivity contribution in [2.24, 2.45) is 0 Å². The zero-order valence-corrected chi connectivity index (χ0v) is 7.16. The van der Waals surface area contributed by atoms with Gasteiger partial charge in [-0.05, 0) is 34.7 Å². The number of ether oxygens (including phenoxy) is 1. The molecule has 64 valence electrons. The third kappa shape index (κ3) is 1.03. The Hall–Kier alpha value is -1.41. The Morgan fingerprint density at radius 1 is 1.08 bits per heavy atom. The largest absolute Gasteiger partial charge is 0.372 e. The van der Waals surface area contributed by atoms with E-state index in [0.29, 0.717) is 0 Å². The summed E-state index contributed by atoms with van der Waals surface area (Å²) in [5.74, 6) is 0. The van der Waals surface area contributed by atoms with Gasteiger partial charge in [0.2, 0.25) is 0 Å². The SMILES string of the molecule is c1cc2cc3c(cc2cn1)COC3. The summed E-state index contributed by atoms with van der Waals surface area (Å²) in [5, 5.41) is 2.45. The smallest absolute Gasteiger partial charge is 0.0725 e. The van der Waals surface area contributed by atoms with Gasteiger partial charge in [0.15, 0.2) is 0 Å². The van der Waals surface area contributed by atoms with Crippen molar-refractivity contribution in [2.75, 3.05) is 0 Å². The first-order chi connectivity index (χ1) is 6.43. The molecular formula is C11H9NO. The molecular weight excluding hydrogens is 162 g/mol. The Bertz CT molecular complexity index is 422. The van der Waals surface area contributed by atoms with Crippen molar-refractivity contribution in [3.05, 3.63) is 41.7 Å². The fourth-order valence-electron chi connectivity index (χ4n) is 1.77. The standard InChI is InChI=1S/C11H9NO/c1-2-12-5-9-4-11-7-13-6-10(11)3-8(1)9/h1-5H,6-7H2. The van der Waals surface area contributed by atoms with Crippen LogP contribution in [0.15, 0.2) is 30.6 Å². The van der Waals surface area contributed by atoms with Crippen LogP contribution in [0.5, 0.6) is 0 Å². The first-order valence-corrected chi connectivity index (χ1v) is 4.37. The minimum absolute atomic E-state index is 0.750. The number of benzene rings is 1. The van der Waals surface area contributed by atoms with Gasteiger partial charge < -0.3 is 4.74 Å². The highest BCUT2D eigenvalue weighted by Gasteiger charge is 2.11. The van der Waals surface area contributed by atoms with Crippen LogP contribution in [0.25, 0.3) is 10.8 Å². The highest BCUT2D eigenvalue weighted by Crippen LogP contribution is 2.24. The molecule has 0 amide bonds. The fourth-order valence-corrected chi connectivity index (χ4v) is 1.77. The zero-order valence-electron chi connectivity index (χ0n) is 7.16. The van der Waals surface area contributed by atoms with Gasteiger partial charge in [0.25, 0.3) is 0 Å². The molecule has 0 radical (unpaired) electrons. The molecule has 13 heavy (non-hydrogen) atoms. The first-order valence-electron chi connectivity index (χ1n) is 4.37. The summed E-state index contributed by atoms with van der Waals surface area (Å²) in [6.07, 6.45) is 3.72. The maximum atomic E-state index is 5.37. The van der Waals surface area contributed by atoms with Crippen molar-refractivity contribution in [3.8, 4) is 0 Å². The van der Waals surface area contributed by atoms with Crippen LogP contribution in [0.2, 0.25) is 0 Å². The van der Waals surface area contributed by atoms with Gasteiger partial charge in [-0.1, -0.05) is 0 Å². The average molecular weight is 171 g/mol. The lowest BCUT2D eigenvalue weighted by atomic mass is 10.1. The third-order valence-corrected chi connectivity index (χ3v) is 2.47. The van der Waals surface area contributed by atoms with Crippen LogP contribution < -0.4 is 0 Å². The number of nitrogens with zero attached hydrogens (tertiary/aromatic N) is 1. The Balaban J connectivity index is 2.36. The fraction of sp³-hybridized carbons (Fsp3) is 0.182. The molecule has 0 atom stereocenters. The second-order valence-corrected chi connectivity index (χ2v) is 3.34. The summed E-state index contributed by atoms with van der Waals surface area (Å²) in [7, 11) is 0. The van der Waals surface area contributed by atoms with Crippen molar-refractivity contribution in [2.45, 2.75) is 13.2 Å². The molecule has 2 aromatic rings. The highest BCUT2D eigenvalue weighted by molar-refractivity contribution is 5.83. The number of hydrogen-bond donors (Lipinski definition) is 0. The second kappa shape index (κ2) is 2.54. The molecule has 0 aliphatic carbocycles. The molecule has 0 saturated heterocycles. The summed E-state index contributed by atoms with van der Waals surface area (Å²) in [6, 6.07) is 6.40. The molecule has 1 aromatic carbocycles. The predicted molar refractivity (Wildman–Crippen MR) is 50.2 cm³/mol. The minimum Gasteiger partial charge on any atom is -0.372 e. The summed E-state index contributed by atoms with van der Waals surface area (Å²) in [4.78, 5) is 4.10. The van der Waals surface area contributed by atoms with Crippen LogP contribution >= 0.6 is 0 Å². The van der Waals surface area contributed by atoms with Crippen molar-refractivity contribution >= 4 is 10.8 Å². The van der Waals surface area contributed by atoms with Gasteiger partial charge in [-0.3, -0.25) is 4.98 Å². The normalized spacial score (nSPS) is 14.8. The van der Waals surface area contributed by atoms with Gasteiger partial charge in [0.05, 0.1) is 13.2 Å². The van der Waals surface area contributed by atoms with E-state index in [2.05, 4.69) is 17.1 Å². The van der Waals surface area contributed by atoms with Crippen LogP contribution in [0, 0.1) is 0 Å². The van der Waals surface area contributed by atoms with E-state index in [-0.39, 0.29) is 0 Å². The van der Waals surface area contributed by atoms with E-state index in [0.717, 1.165) is 13.2 Å². The maximum Gasteiger partial charge on any atom is 0.0725 e. The van der Waals surface area contributed by atoms with Gasteiger partial charge >= 0.3 is 0 Å². The Kier molecular flexibility index (Phi) is 1.37. The van der Waals surface area contributed by atoms with Crippen LogP contribution in [0.3, 0.4) is 0 Å². The molecule has 1 aromatic heterocycles. The third-order valence-electron chi connectivity index (χ3n) is 2.47. The molecule has 1 aliphatic heterocycles. The van der Waals surface area contributed by atoms with E-state index < -0.39 is 0 Å². The number of pyridine rings is 1. The summed E-state index contributed by atoms with van der Waals surface area (Å²) >= 11 is 0. The zero-order chi connectivity index (χ0) is 8.67. The van der Waals surface area contributed by atoms with Crippen molar-refractivity contribution in [1.82, 2.24) is 4.98 Å². The van der Waals surface area contributed by atoms with Crippen LogP contribution in [0.4, 0.5) is 0 Å². The van der Waals surface area contributed by atoms with Crippen molar-refractivity contribution < 1.29 is 4.74 Å². The summed E-state index contributed by atoms with van der Waals surface area (Å²) in [6.45, 7) is 1.51. The van der Waals surface area contributed by atoms with E-state index in [9.17, 15) is 0 Å². The average Bonchev–Trinajstić information content (AvgIpc) is 2.61. The molecule has 1 aliphatic rings. The molecule has 2 heteroatoms. The Morgan fingerprint density at radius 2 is 1.85 bits per heavy atom. The quantitative estimate of drug-likeness (QED) is 0.606. The summed E-state index contributed by atoms with van der Waals surface area (Å²) in [5.41, 5.74) is 2.62. The van der Waals surface area contributed by atoms with Gasteiger partial charge in [-0.2, -0.15) is 0 Å². The van der Waals surface area contributed by atoms with E-state index in [4.69, 9.17) is 4.74 Å².